The predicted octanol–water partition coefficient (Wildman–Crippen LogP) is 2.21. The maximum atomic E-state index is 5.39. The average molecular weight is 217 g/mol. The maximum absolute atomic E-state index is 5.39. The fourth-order valence-electron chi connectivity index (χ4n) is 1.61. The summed E-state index contributed by atoms with van der Waals surface area (Å²) in [6.07, 6.45) is 3.41. The molecule has 1 N–H and O–H groups in total. The van der Waals surface area contributed by atoms with Crippen LogP contribution in [0.2, 0.25) is 0 Å². The van der Waals surface area contributed by atoms with Gasteiger partial charge in [0, 0.05) is 20.3 Å². The Balaban J connectivity index is 3.69. The fraction of sp³-hybridized carbons (Fsp3) is 1.00. The minimum absolute atomic E-state index is 0.00381. The van der Waals surface area contributed by atoms with Crippen LogP contribution in [0.25, 0.3) is 0 Å². The standard InChI is InChI=1S/C12H27NO2/c1-6-13-11(10-14-4)8-7-9-12(2,3)15-5/h11,13H,6-10H2,1-5H3. The molecule has 15 heavy (non-hydrogen) atoms. The van der Waals surface area contributed by atoms with Crippen LogP contribution in [0.3, 0.4) is 0 Å². The van der Waals surface area contributed by atoms with Gasteiger partial charge in [0.1, 0.15) is 0 Å². The van der Waals surface area contributed by atoms with E-state index >= 15 is 0 Å². The van der Waals surface area contributed by atoms with Gasteiger partial charge >= 0.3 is 0 Å². The highest BCUT2D eigenvalue weighted by atomic mass is 16.5. The van der Waals surface area contributed by atoms with E-state index in [1.165, 1.54) is 6.42 Å². The second-order valence-corrected chi connectivity index (χ2v) is 4.57. The maximum Gasteiger partial charge on any atom is 0.0622 e. The molecule has 0 aliphatic carbocycles. The first kappa shape index (κ1) is 14.9. The van der Waals surface area contributed by atoms with Crippen molar-refractivity contribution in [3.05, 3.63) is 0 Å². The molecule has 1 unspecified atom stereocenters. The molecule has 0 amide bonds. The van der Waals surface area contributed by atoms with Gasteiger partial charge in [0.2, 0.25) is 0 Å². The second kappa shape index (κ2) is 8.08. The minimum Gasteiger partial charge on any atom is -0.383 e. The van der Waals surface area contributed by atoms with Crippen molar-refractivity contribution in [1.29, 1.82) is 0 Å². The Morgan fingerprint density at radius 3 is 2.40 bits per heavy atom. The van der Waals surface area contributed by atoms with E-state index in [0.29, 0.717) is 6.04 Å². The van der Waals surface area contributed by atoms with E-state index in [-0.39, 0.29) is 5.60 Å². The number of hydrogen-bond donors (Lipinski definition) is 1. The quantitative estimate of drug-likeness (QED) is 0.642. The van der Waals surface area contributed by atoms with Crippen molar-refractivity contribution in [3.8, 4) is 0 Å². The van der Waals surface area contributed by atoms with Gasteiger partial charge < -0.3 is 14.8 Å². The summed E-state index contributed by atoms with van der Waals surface area (Å²) in [4.78, 5) is 0. The molecular weight excluding hydrogens is 190 g/mol. The van der Waals surface area contributed by atoms with Gasteiger partial charge in [-0.1, -0.05) is 6.92 Å². The SMILES string of the molecule is CCNC(CCCC(C)(C)OC)COC. The van der Waals surface area contributed by atoms with E-state index in [1.807, 2.05) is 0 Å². The Hall–Kier alpha value is -0.120. The molecule has 1 atom stereocenters. The molecule has 0 aromatic heterocycles. The van der Waals surface area contributed by atoms with E-state index in [9.17, 15) is 0 Å². The van der Waals surface area contributed by atoms with Gasteiger partial charge in [-0.3, -0.25) is 0 Å². The summed E-state index contributed by atoms with van der Waals surface area (Å²) in [5.41, 5.74) is 0.00381. The summed E-state index contributed by atoms with van der Waals surface area (Å²) in [7, 11) is 3.53. The summed E-state index contributed by atoms with van der Waals surface area (Å²) >= 11 is 0. The molecule has 0 aromatic carbocycles. The number of ether oxygens (including phenoxy) is 2. The molecule has 0 radical (unpaired) electrons. The summed E-state index contributed by atoms with van der Waals surface area (Å²) in [5.74, 6) is 0. The third kappa shape index (κ3) is 7.77. The molecule has 0 aliphatic rings. The molecule has 0 aliphatic heterocycles. The van der Waals surface area contributed by atoms with Crippen molar-refractivity contribution in [2.24, 2.45) is 0 Å². The first-order chi connectivity index (χ1) is 7.05. The number of nitrogens with one attached hydrogen (secondary N) is 1. The highest BCUT2D eigenvalue weighted by Crippen LogP contribution is 2.17. The van der Waals surface area contributed by atoms with Gasteiger partial charge in [0.15, 0.2) is 0 Å². The lowest BCUT2D eigenvalue weighted by molar-refractivity contribution is 0.0123. The van der Waals surface area contributed by atoms with E-state index in [1.54, 1.807) is 14.2 Å². The Morgan fingerprint density at radius 2 is 1.93 bits per heavy atom. The van der Waals surface area contributed by atoms with E-state index in [2.05, 4.69) is 26.1 Å². The second-order valence-electron chi connectivity index (χ2n) is 4.57. The van der Waals surface area contributed by atoms with Crippen LogP contribution < -0.4 is 5.32 Å². The van der Waals surface area contributed by atoms with Crippen molar-refractivity contribution < 1.29 is 9.47 Å². The predicted molar refractivity (Wildman–Crippen MR) is 64.3 cm³/mol. The zero-order valence-corrected chi connectivity index (χ0v) is 10.9. The van der Waals surface area contributed by atoms with Crippen LogP contribution in [0.5, 0.6) is 0 Å². The Morgan fingerprint density at radius 1 is 1.27 bits per heavy atom. The van der Waals surface area contributed by atoms with Crippen molar-refractivity contribution >= 4 is 0 Å². The van der Waals surface area contributed by atoms with E-state index < -0.39 is 0 Å². The summed E-state index contributed by atoms with van der Waals surface area (Å²) in [6.45, 7) is 8.18. The lowest BCUT2D eigenvalue weighted by atomic mass is 9.99. The average Bonchev–Trinajstić information content (AvgIpc) is 2.18. The molecule has 0 saturated carbocycles. The molecule has 3 nitrogen and oxygen atoms in total. The van der Waals surface area contributed by atoms with Gasteiger partial charge in [-0.2, -0.15) is 0 Å². The van der Waals surface area contributed by atoms with Gasteiger partial charge in [-0.15, -0.1) is 0 Å². The zero-order valence-electron chi connectivity index (χ0n) is 10.9. The highest BCUT2D eigenvalue weighted by molar-refractivity contribution is 4.71. The van der Waals surface area contributed by atoms with Crippen LogP contribution in [0.1, 0.15) is 40.0 Å². The number of rotatable bonds is 9. The molecule has 0 aromatic rings. The molecule has 0 saturated heterocycles. The van der Waals surface area contributed by atoms with Gasteiger partial charge in [-0.05, 0) is 39.7 Å². The summed E-state index contributed by atoms with van der Waals surface area (Å²) in [6, 6.07) is 0.479. The van der Waals surface area contributed by atoms with E-state index in [4.69, 9.17) is 9.47 Å². The van der Waals surface area contributed by atoms with Gasteiger partial charge in [0.25, 0.3) is 0 Å². The molecule has 92 valence electrons. The van der Waals surface area contributed by atoms with Crippen molar-refractivity contribution in [2.45, 2.75) is 51.7 Å². The Kier molecular flexibility index (Phi) is 8.02. The topological polar surface area (TPSA) is 30.5 Å². The lowest BCUT2D eigenvalue weighted by Crippen LogP contribution is -2.33. The zero-order chi connectivity index (χ0) is 11.7. The lowest BCUT2D eigenvalue weighted by Gasteiger charge is -2.24. The van der Waals surface area contributed by atoms with Crippen molar-refractivity contribution in [1.82, 2.24) is 5.32 Å². The van der Waals surface area contributed by atoms with Crippen LogP contribution in [0, 0.1) is 0 Å². The molecule has 0 rings (SSSR count). The number of methoxy groups -OCH3 is 2. The fourth-order valence-corrected chi connectivity index (χ4v) is 1.61. The van der Waals surface area contributed by atoms with Crippen LogP contribution in [-0.4, -0.2) is 39.0 Å². The van der Waals surface area contributed by atoms with Gasteiger partial charge in [0.05, 0.1) is 12.2 Å². The molecule has 3 heteroatoms. The van der Waals surface area contributed by atoms with Crippen LogP contribution in [0.15, 0.2) is 0 Å². The van der Waals surface area contributed by atoms with Gasteiger partial charge in [-0.25, -0.2) is 0 Å². The van der Waals surface area contributed by atoms with Crippen molar-refractivity contribution in [2.75, 3.05) is 27.4 Å². The molecule has 0 spiro atoms. The monoisotopic (exact) mass is 217 g/mol. The molecule has 0 heterocycles. The third-order valence-electron chi connectivity index (χ3n) is 2.74. The first-order valence-corrected chi connectivity index (χ1v) is 5.83. The highest BCUT2D eigenvalue weighted by Gasteiger charge is 2.16. The van der Waals surface area contributed by atoms with Crippen molar-refractivity contribution in [3.63, 3.8) is 0 Å². The van der Waals surface area contributed by atoms with Crippen LogP contribution >= 0.6 is 0 Å². The Labute approximate surface area is 94.5 Å². The minimum atomic E-state index is 0.00381. The normalized spacial score (nSPS) is 14.2. The largest absolute Gasteiger partial charge is 0.383 e. The van der Waals surface area contributed by atoms with Crippen LogP contribution in [0.4, 0.5) is 0 Å². The van der Waals surface area contributed by atoms with E-state index in [0.717, 1.165) is 26.0 Å². The third-order valence-corrected chi connectivity index (χ3v) is 2.74. The summed E-state index contributed by atoms with van der Waals surface area (Å²) in [5, 5.41) is 3.42. The Bertz CT molecular complexity index is 143. The number of likely N-dealkylation sites (N-methyl/N-ethyl adjacent to an activating group) is 1. The molecule has 0 fully saturated rings. The first-order valence-electron chi connectivity index (χ1n) is 5.83. The smallest absolute Gasteiger partial charge is 0.0622 e. The molecule has 0 bridgehead atoms. The molecular formula is C12H27NO2. The summed E-state index contributed by atoms with van der Waals surface area (Å²) < 4.78 is 10.6. The van der Waals surface area contributed by atoms with Crippen LogP contribution in [-0.2, 0) is 9.47 Å². The number of hydrogen-bond acceptors (Lipinski definition) is 3.